The third kappa shape index (κ3) is 13.7. The Balaban J connectivity index is 1.98. The van der Waals surface area contributed by atoms with Gasteiger partial charge in [0.05, 0.1) is 26.4 Å². The second kappa shape index (κ2) is 20.0. The highest BCUT2D eigenvalue weighted by Crippen LogP contribution is 2.16. The first-order valence-corrected chi connectivity index (χ1v) is 12.6. The molecule has 1 unspecified atom stereocenters. The van der Waals surface area contributed by atoms with Crippen molar-refractivity contribution in [3.8, 4) is 5.75 Å². The maximum Gasteiger partial charge on any atom is 0.323 e. The number of hydrogen-bond donors (Lipinski definition) is 3. The molecule has 0 amide bonds. The van der Waals surface area contributed by atoms with Gasteiger partial charge in [-0.25, -0.2) is 0 Å². The standard InChI is InChI=1S/C23H38N10O4/c24-31-29-11-15-35-17-18-36-21-3-1-20(2-4-21)19-22(23(34)37-16-12-30-32-25)33-13-9-27-7-5-26-6-8-28-10-14-33/h1-4,22,26-28H,5-19H2. The molecule has 1 heterocycles. The summed E-state index contributed by atoms with van der Waals surface area (Å²) in [6, 6.07) is 7.14. The molecule has 14 nitrogen and oxygen atoms in total. The van der Waals surface area contributed by atoms with Crippen LogP contribution in [0.1, 0.15) is 5.56 Å². The molecule has 1 aliphatic rings. The van der Waals surface area contributed by atoms with Gasteiger partial charge >= 0.3 is 5.97 Å². The molecule has 0 saturated carbocycles. The number of ether oxygens (including phenoxy) is 3. The van der Waals surface area contributed by atoms with E-state index in [4.69, 9.17) is 25.3 Å². The Morgan fingerprint density at radius 3 is 2.08 bits per heavy atom. The number of hydrogen-bond acceptors (Lipinski definition) is 10. The molecule has 1 fully saturated rings. The predicted octanol–water partition coefficient (Wildman–Crippen LogP) is 1.24. The van der Waals surface area contributed by atoms with Crippen LogP contribution in [-0.4, -0.2) is 109 Å². The molecule has 1 aromatic rings. The Hall–Kier alpha value is -3.09. The van der Waals surface area contributed by atoms with Gasteiger partial charge in [-0.3, -0.25) is 9.69 Å². The van der Waals surface area contributed by atoms with Gasteiger partial charge in [-0.1, -0.05) is 22.4 Å². The summed E-state index contributed by atoms with van der Waals surface area (Å²) in [6.45, 7) is 7.95. The number of carbonyl (C=O) groups excluding carboxylic acids is 1. The van der Waals surface area contributed by atoms with E-state index in [1.54, 1.807) is 0 Å². The number of nitrogens with one attached hydrogen (secondary N) is 3. The molecule has 0 spiro atoms. The average Bonchev–Trinajstić information content (AvgIpc) is 2.90. The molecule has 0 aliphatic carbocycles. The molecular formula is C23H38N10O4. The minimum absolute atomic E-state index is 0.0487. The largest absolute Gasteiger partial charge is 0.491 e. The van der Waals surface area contributed by atoms with Crippen LogP contribution in [0.5, 0.6) is 5.75 Å². The van der Waals surface area contributed by atoms with Gasteiger partial charge < -0.3 is 30.2 Å². The van der Waals surface area contributed by atoms with E-state index in [1.807, 2.05) is 24.3 Å². The van der Waals surface area contributed by atoms with Crippen LogP contribution in [0.25, 0.3) is 20.9 Å². The first kappa shape index (κ1) is 30.1. The summed E-state index contributed by atoms with van der Waals surface area (Å²) in [5.41, 5.74) is 17.7. The Bertz CT molecular complexity index is 848. The highest BCUT2D eigenvalue weighted by molar-refractivity contribution is 5.76. The zero-order valence-corrected chi connectivity index (χ0v) is 21.3. The van der Waals surface area contributed by atoms with E-state index in [0.717, 1.165) is 44.8 Å². The average molecular weight is 519 g/mol. The molecule has 1 aliphatic heterocycles. The van der Waals surface area contributed by atoms with Gasteiger partial charge in [0.15, 0.2) is 0 Å². The van der Waals surface area contributed by atoms with Gasteiger partial charge in [0.2, 0.25) is 0 Å². The van der Waals surface area contributed by atoms with Crippen molar-refractivity contribution in [2.24, 2.45) is 10.2 Å². The first-order chi connectivity index (χ1) is 18.2. The summed E-state index contributed by atoms with van der Waals surface area (Å²) in [5, 5.41) is 17.1. The molecule has 0 aromatic heterocycles. The zero-order valence-electron chi connectivity index (χ0n) is 21.3. The van der Waals surface area contributed by atoms with Crippen LogP contribution in [0.2, 0.25) is 0 Å². The molecule has 0 radical (unpaired) electrons. The van der Waals surface area contributed by atoms with Crippen LogP contribution in [0, 0.1) is 0 Å². The minimum Gasteiger partial charge on any atom is -0.491 e. The lowest BCUT2D eigenvalue weighted by molar-refractivity contribution is -0.149. The lowest BCUT2D eigenvalue weighted by atomic mass is 10.0. The summed E-state index contributed by atoms with van der Waals surface area (Å²) >= 11 is 0. The summed E-state index contributed by atoms with van der Waals surface area (Å²) in [7, 11) is 0. The second-order valence-corrected chi connectivity index (χ2v) is 8.19. The third-order valence-electron chi connectivity index (χ3n) is 5.57. The van der Waals surface area contributed by atoms with Crippen molar-refractivity contribution >= 4 is 5.97 Å². The Morgan fingerprint density at radius 2 is 1.46 bits per heavy atom. The number of azide groups is 2. The van der Waals surface area contributed by atoms with E-state index in [-0.39, 0.29) is 19.1 Å². The normalized spacial score (nSPS) is 16.2. The smallest absolute Gasteiger partial charge is 0.323 e. The Labute approximate surface area is 217 Å². The molecule has 0 bridgehead atoms. The number of nitrogens with zero attached hydrogens (tertiary/aromatic N) is 7. The highest BCUT2D eigenvalue weighted by atomic mass is 16.5. The van der Waals surface area contributed by atoms with Gasteiger partial charge in [0.1, 0.15) is 18.4 Å². The molecule has 14 heteroatoms. The SMILES string of the molecule is [N-]=[N+]=NCCOCCOc1ccc(CC(C(=O)OCCN=[N+]=[N-])N2CCNCCNCCNCC2)cc1. The van der Waals surface area contributed by atoms with E-state index < -0.39 is 6.04 Å². The fraction of sp³-hybridized carbons (Fsp3) is 0.696. The van der Waals surface area contributed by atoms with Crippen molar-refractivity contribution < 1.29 is 19.0 Å². The highest BCUT2D eigenvalue weighted by Gasteiger charge is 2.27. The van der Waals surface area contributed by atoms with Crippen LogP contribution < -0.4 is 20.7 Å². The Morgan fingerprint density at radius 1 is 0.865 bits per heavy atom. The van der Waals surface area contributed by atoms with Gasteiger partial charge in [-0.15, -0.1) is 0 Å². The van der Waals surface area contributed by atoms with E-state index in [9.17, 15) is 4.79 Å². The number of rotatable bonds is 14. The number of esters is 1. The van der Waals surface area contributed by atoms with Crippen molar-refractivity contribution in [1.82, 2.24) is 20.9 Å². The maximum absolute atomic E-state index is 13.1. The van der Waals surface area contributed by atoms with Gasteiger partial charge in [0, 0.05) is 68.7 Å². The Kier molecular flexibility index (Phi) is 16.3. The topological polar surface area (TPSA) is 182 Å². The number of carbonyl (C=O) groups is 1. The van der Waals surface area contributed by atoms with Crippen LogP contribution >= 0.6 is 0 Å². The summed E-state index contributed by atoms with van der Waals surface area (Å²) in [6.07, 6.45) is 0.477. The van der Waals surface area contributed by atoms with Crippen LogP contribution in [0.15, 0.2) is 34.5 Å². The molecule has 1 saturated heterocycles. The fourth-order valence-corrected chi connectivity index (χ4v) is 3.70. The fourth-order valence-electron chi connectivity index (χ4n) is 3.70. The quantitative estimate of drug-likeness (QED) is 0.108. The van der Waals surface area contributed by atoms with Crippen LogP contribution in [-0.2, 0) is 20.7 Å². The monoisotopic (exact) mass is 518 g/mol. The van der Waals surface area contributed by atoms with E-state index in [2.05, 4.69) is 40.9 Å². The van der Waals surface area contributed by atoms with Gasteiger partial charge in [-0.05, 0) is 35.2 Å². The van der Waals surface area contributed by atoms with Crippen LogP contribution in [0.4, 0.5) is 0 Å². The van der Waals surface area contributed by atoms with Crippen molar-refractivity contribution in [3.05, 3.63) is 50.7 Å². The van der Waals surface area contributed by atoms with E-state index in [1.165, 1.54) is 0 Å². The molecule has 3 N–H and O–H groups in total. The molecule has 2 rings (SSSR count). The van der Waals surface area contributed by atoms with Gasteiger partial charge in [0.25, 0.3) is 0 Å². The maximum atomic E-state index is 13.1. The summed E-state index contributed by atoms with van der Waals surface area (Å²) < 4.78 is 16.5. The lowest BCUT2D eigenvalue weighted by Gasteiger charge is -2.31. The molecular weight excluding hydrogens is 480 g/mol. The van der Waals surface area contributed by atoms with Gasteiger partial charge in [-0.2, -0.15) is 0 Å². The summed E-state index contributed by atoms with van der Waals surface area (Å²) in [4.78, 5) is 20.6. The lowest BCUT2D eigenvalue weighted by Crippen LogP contribution is -2.50. The minimum atomic E-state index is -0.480. The first-order valence-electron chi connectivity index (χ1n) is 12.6. The molecule has 37 heavy (non-hydrogen) atoms. The van der Waals surface area contributed by atoms with E-state index in [0.29, 0.717) is 51.6 Å². The predicted molar refractivity (Wildman–Crippen MR) is 139 cm³/mol. The third-order valence-corrected chi connectivity index (χ3v) is 5.57. The van der Waals surface area contributed by atoms with Crippen molar-refractivity contribution in [2.45, 2.75) is 12.5 Å². The second-order valence-electron chi connectivity index (χ2n) is 8.19. The van der Waals surface area contributed by atoms with Crippen LogP contribution in [0.3, 0.4) is 0 Å². The summed E-state index contributed by atoms with van der Waals surface area (Å²) in [5.74, 6) is 0.365. The zero-order chi connectivity index (χ0) is 26.4. The molecule has 204 valence electrons. The van der Waals surface area contributed by atoms with Crippen molar-refractivity contribution in [2.75, 3.05) is 91.9 Å². The van der Waals surface area contributed by atoms with E-state index >= 15 is 0 Å². The molecule has 1 atom stereocenters. The molecule has 1 aromatic carbocycles. The number of benzene rings is 1. The van der Waals surface area contributed by atoms with Crippen molar-refractivity contribution in [1.29, 1.82) is 0 Å². The van der Waals surface area contributed by atoms with Crippen molar-refractivity contribution in [3.63, 3.8) is 0 Å².